The number of nitrogens with zero attached hydrogens (tertiary/aromatic N) is 2. The third kappa shape index (κ3) is 2.07. The van der Waals surface area contributed by atoms with E-state index >= 15 is 0 Å². The molecule has 2 atom stereocenters. The summed E-state index contributed by atoms with van der Waals surface area (Å²) in [4.78, 5) is 15.8. The Kier molecular flexibility index (Phi) is 3.38. The van der Waals surface area contributed by atoms with Gasteiger partial charge in [0.25, 0.3) is 0 Å². The number of carbonyl (C=O) groups is 1. The number of hydrogen-bond acceptors (Lipinski definition) is 2. The van der Waals surface area contributed by atoms with Crippen molar-refractivity contribution in [2.24, 2.45) is 5.92 Å². The molecule has 3 nitrogen and oxygen atoms in total. The Labute approximate surface area is 154 Å². The highest BCUT2D eigenvalue weighted by atomic mass is 16.2. The molecule has 0 fully saturated rings. The van der Waals surface area contributed by atoms with E-state index in [1.807, 2.05) is 6.07 Å². The SMILES string of the molecule is Cc1cc2c3c(c1)c1c(n3C(=O)C(C)C2c2ccccc2)CCN(C)C1. The number of aromatic nitrogens is 1. The van der Waals surface area contributed by atoms with Gasteiger partial charge < -0.3 is 4.90 Å². The maximum absolute atomic E-state index is 13.4. The molecule has 0 radical (unpaired) electrons. The molecule has 0 bridgehead atoms. The van der Waals surface area contributed by atoms with Crippen LogP contribution in [0.2, 0.25) is 0 Å². The number of aryl methyl sites for hydroxylation is 1. The molecule has 0 aliphatic carbocycles. The quantitative estimate of drug-likeness (QED) is 0.655. The molecule has 0 saturated carbocycles. The molecule has 0 amide bonds. The average Bonchev–Trinajstić information content (AvgIpc) is 2.95. The van der Waals surface area contributed by atoms with Gasteiger partial charge in [-0.1, -0.05) is 48.9 Å². The molecule has 2 aliphatic heterocycles. The fraction of sp³-hybridized carbons (Fsp3) is 0.348. The van der Waals surface area contributed by atoms with Crippen molar-refractivity contribution in [3.8, 4) is 0 Å². The monoisotopic (exact) mass is 344 g/mol. The van der Waals surface area contributed by atoms with Gasteiger partial charge in [0.15, 0.2) is 0 Å². The van der Waals surface area contributed by atoms with Crippen molar-refractivity contribution in [3.05, 3.63) is 70.4 Å². The molecule has 132 valence electrons. The highest BCUT2D eigenvalue weighted by Gasteiger charge is 2.38. The summed E-state index contributed by atoms with van der Waals surface area (Å²) in [5.74, 6) is 0.338. The van der Waals surface area contributed by atoms with Crippen LogP contribution in [0.25, 0.3) is 10.9 Å². The van der Waals surface area contributed by atoms with Crippen molar-refractivity contribution in [1.29, 1.82) is 0 Å². The summed E-state index contributed by atoms with van der Waals surface area (Å²) in [6.07, 6.45) is 0.952. The van der Waals surface area contributed by atoms with Crippen LogP contribution in [-0.4, -0.2) is 29.0 Å². The van der Waals surface area contributed by atoms with Crippen LogP contribution in [0.15, 0.2) is 42.5 Å². The lowest BCUT2D eigenvalue weighted by Gasteiger charge is -2.31. The topological polar surface area (TPSA) is 25.2 Å². The Morgan fingerprint density at radius 2 is 1.88 bits per heavy atom. The Morgan fingerprint density at radius 3 is 2.65 bits per heavy atom. The average molecular weight is 344 g/mol. The smallest absolute Gasteiger partial charge is 0.235 e. The van der Waals surface area contributed by atoms with E-state index in [9.17, 15) is 4.79 Å². The maximum Gasteiger partial charge on any atom is 0.235 e. The van der Waals surface area contributed by atoms with Gasteiger partial charge in [-0.2, -0.15) is 0 Å². The molecule has 0 N–H and O–H groups in total. The standard InChI is InChI=1S/C23H24N2O/c1-14-11-17-19-13-24(3)10-9-20(19)25-22(17)18(12-14)21(15(2)23(25)26)16-7-5-4-6-8-16/h4-8,11-12,15,21H,9-10,13H2,1-3H3. The number of likely N-dealkylation sites (N-methyl/N-ethyl adjacent to an activating group) is 1. The second-order valence-electron chi connectivity index (χ2n) is 8.01. The molecule has 2 unspecified atom stereocenters. The van der Waals surface area contributed by atoms with Crippen LogP contribution < -0.4 is 0 Å². The summed E-state index contributed by atoms with van der Waals surface area (Å²) in [6.45, 7) is 6.22. The minimum absolute atomic E-state index is 0.0499. The number of carbonyl (C=O) groups excluding carboxylic acids is 1. The van der Waals surface area contributed by atoms with E-state index in [0.717, 1.165) is 25.0 Å². The first-order chi connectivity index (χ1) is 12.6. The number of hydrogen-bond donors (Lipinski definition) is 0. The zero-order chi connectivity index (χ0) is 18.0. The summed E-state index contributed by atoms with van der Waals surface area (Å²) < 4.78 is 2.07. The van der Waals surface area contributed by atoms with Gasteiger partial charge in [0.05, 0.1) is 5.52 Å². The maximum atomic E-state index is 13.4. The molecule has 3 heteroatoms. The number of rotatable bonds is 1. The highest BCUT2D eigenvalue weighted by molar-refractivity contribution is 6.02. The summed E-state index contributed by atoms with van der Waals surface area (Å²) in [5.41, 5.74) is 7.59. The molecule has 2 aromatic carbocycles. The second kappa shape index (κ2) is 5.55. The Hall–Kier alpha value is -2.39. The van der Waals surface area contributed by atoms with Gasteiger partial charge in [-0.05, 0) is 36.7 Å². The first kappa shape index (κ1) is 15.8. The first-order valence-electron chi connectivity index (χ1n) is 9.50. The van der Waals surface area contributed by atoms with Gasteiger partial charge >= 0.3 is 0 Å². The van der Waals surface area contributed by atoms with Crippen LogP contribution >= 0.6 is 0 Å². The van der Waals surface area contributed by atoms with E-state index in [1.165, 1.54) is 33.3 Å². The van der Waals surface area contributed by atoms with Crippen molar-refractivity contribution < 1.29 is 4.79 Å². The van der Waals surface area contributed by atoms with Crippen LogP contribution in [0.4, 0.5) is 0 Å². The van der Waals surface area contributed by atoms with Crippen molar-refractivity contribution in [2.45, 2.75) is 32.7 Å². The van der Waals surface area contributed by atoms with Crippen molar-refractivity contribution in [3.63, 3.8) is 0 Å². The largest absolute Gasteiger partial charge is 0.302 e. The van der Waals surface area contributed by atoms with Crippen LogP contribution in [0.3, 0.4) is 0 Å². The highest BCUT2D eigenvalue weighted by Crippen LogP contribution is 2.45. The summed E-state index contributed by atoms with van der Waals surface area (Å²) >= 11 is 0. The lowest BCUT2D eigenvalue weighted by atomic mass is 9.78. The predicted octanol–water partition coefficient (Wildman–Crippen LogP) is 4.36. The second-order valence-corrected chi connectivity index (χ2v) is 8.01. The van der Waals surface area contributed by atoms with E-state index in [-0.39, 0.29) is 17.7 Å². The van der Waals surface area contributed by atoms with Gasteiger partial charge in [0.2, 0.25) is 5.91 Å². The van der Waals surface area contributed by atoms with E-state index in [0.29, 0.717) is 0 Å². The van der Waals surface area contributed by atoms with E-state index in [2.05, 4.69) is 66.8 Å². The first-order valence-corrected chi connectivity index (χ1v) is 9.50. The predicted molar refractivity (Wildman–Crippen MR) is 105 cm³/mol. The Balaban J connectivity index is 1.87. The van der Waals surface area contributed by atoms with Crippen molar-refractivity contribution in [1.82, 2.24) is 9.47 Å². The lowest BCUT2D eigenvalue weighted by molar-refractivity contribution is 0.0825. The van der Waals surface area contributed by atoms with Gasteiger partial charge in [0.1, 0.15) is 0 Å². The molecule has 0 saturated heterocycles. The zero-order valence-electron chi connectivity index (χ0n) is 15.6. The molecular weight excluding hydrogens is 320 g/mol. The summed E-state index contributed by atoms with van der Waals surface area (Å²) in [5, 5.41) is 1.28. The molecule has 1 aromatic heterocycles. The van der Waals surface area contributed by atoms with Crippen LogP contribution in [-0.2, 0) is 13.0 Å². The molecule has 3 aromatic rings. The number of fused-ring (bicyclic) bond motifs is 3. The molecular formula is C23H24N2O. The zero-order valence-corrected chi connectivity index (χ0v) is 15.6. The van der Waals surface area contributed by atoms with Gasteiger partial charge in [-0.3, -0.25) is 9.36 Å². The van der Waals surface area contributed by atoms with Gasteiger partial charge in [-0.15, -0.1) is 0 Å². The minimum Gasteiger partial charge on any atom is -0.302 e. The van der Waals surface area contributed by atoms with E-state index in [4.69, 9.17) is 0 Å². The van der Waals surface area contributed by atoms with Crippen molar-refractivity contribution in [2.75, 3.05) is 13.6 Å². The molecule has 5 rings (SSSR count). The van der Waals surface area contributed by atoms with Crippen LogP contribution in [0, 0.1) is 12.8 Å². The fourth-order valence-corrected chi connectivity index (χ4v) is 5.02. The lowest BCUT2D eigenvalue weighted by Crippen LogP contribution is -2.34. The summed E-state index contributed by atoms with van der Waals surface area (Å²) in [7, 11) is 2.17. The van der Waals surface area contributed by atoms with Crippen LogP contribution in [0.5, 0.6) is 0 Å². The molecule has 26 heavy (non-hydrogen) atoms. The summed E-state index contributed by atoms with van der Waals surface area (Å²) in [6, 6.07) is 15.1. The Bertz CT molecular complexity index is 1030. The normalized spacial score (nSPS) is 22.7. The Morgan fingerprint density at radius 1 is 1.12 bits per heavy atom. The van der Waals surface area contributed by atoms with E-state index < -0.39 is 0 Å². The van der Waals surface area contributed by atoms with Crippen molar-refractivity contribution >= 4 is 16.8 Å². The van der Waals surface area contributed by atoms with Crippen LogP contribution in [0.1, 0.15) is 45.6 Å². The third-order valence-corrected chi connectivity index (χ3v) is 6.21. The molecule has 2 aliphatic rings. The van der Waals surface area contributed by atoms with Gasteiger partial charge in [0, 0.05) is 42.4 Å². The number of benzene rings is 2. The fourth-order valence-electron chi connectivity index (χ4n) is 5.02. The van der Waals surface area contributed by atoms with Gasteiger partial charge in [-0.25, -0.2) is 0 Å². The van der Waals surface area contributed by atoms with E-state index in [1.54, 1.807) is 0 Å². The third-order valence-electron chi connectivity index (χ3n) is 6.21. The minimum atomic E-state index is -0.0499. The molecule has 0 spiro atoms. The molecule has 3 heterocycles.